The molecule has 1 aromatic heterocycles. The lowest BCUT2D eigenvalue weighted by atomic mass is 10.1. The maximum Gasteiger partial charge on any atom is 0.410 e. The van der Waals surface area contributed by atoms with Crippen molar-refractivity contribution in [2.75, 3.05) is 18.0 Å². The number of aromatic carboxylic acids is 1. The zero-order chi connectivity index (χ0) is 19.0. The van der Waals surface area contributed by atoms with E-state index in [1.165, 1.54) is 6.07 Å². The topological polar surface area (TPSA) is 96.1 Å². The van der Waals surface area contributed by atoms with Crippen molar-refractivity contribution in [3.05, 3.63) is 23.8 Å². The fraction of sp³-hybridized carbons (Fsp3) is 0.500. The number of hydrogen-bond donors (Lipinski definition) is 1. The van der Waals surface area contributed by atoms with Crippen LogP contribution in [0.2, 0.25) is 0 Å². The first-order valence-corrected chi connectivity index (χ1v) is 8.64. The van der Waals surface area contributed by atoms with Crippen molar-refractivity contribution >= 4 is 29.2 Å². The van der Waals surface area contributed by atoms with Crippen LogP contribution in [-0.4, -0.2) is 58.3 Å². The highest BCUT2D eigenvalue weighted by molar-refractivity contribution is 6.00. The largest absolute Gasteiger partial charge is 0.478 e. The number of benzene rings is 1. The molecule has 0 bridgehead atoms. The van der Waals surface area contributed by atoms with E-state index in [0.29, 0.717) is 30.2 Å². The number of para-hydroxylation sites is 1. The van der Waals surface area contributed by atoms with Gasteiger partial charge in [-0.1, -0.05) is 6.07 Å². The number of carboxylic acid groups (broad SMARTS) is 1. The number of amides is 1. The van der Waals surface area contributed by atoms with Crippen molar-refractivity contribution in [1.82, 2.24) is 9.88 Å². The molecule has 140 valence electrons. The lowest BCUT2D eigenvalue weighted by molar-refractivity contribution is 0.0663. The minimum absolute atomic E-state index is 0.0557. The zero-order valence-corrected chi connectivity index (χ0v) is 15.3. The van der Waals surface area contributed by atoms with Gasteiger partial charge in [-0.25, -0.2) is 9.59 Å². The summed E-state index contributed by atoms with van der Waals surface area (Å²) in [5.74, 6) is -1.04. The summed E-state index contributed by atoms with van der Waals surface area (Å²) in [5, 5.41) is 9.32. The fourth-order valence-corrected chi connectivity index (χ4v) is 3.34. The zero-order valence-electron chi connectivity index (χ0n) is 15.3. The summed E-state index contributed by atoms with van der Waals surface area (Å²) >= 11 is 0. The molecule has 8 heteroatoms. The Morgan fingerprint density at radius 3 is 2.50 bits per heavy atom. The Labute approximate surface area is 151 Å². The molecule has 26 heavy (non-hydrogen) atoms. The van der Waals surface area contributed by atoms with Gasteiger partial charge in [0, 0.05) is 25.2 Å². The second-order valence-corrected chi connectivity index (χ2v) is 6.90. The normalized spacial score (nSPS) is 20.7. The molecule has 2 aromatic rings. The number of carboxylic acids is 1. The number of carbonyl (C=O) groups is 2. The molecule has 0 unspecified atom stereocenters. The molecule has 1 aliphatic heterocycles. The third kappa shape index (κ3) is 3.31. The molecule has 2 heterocycles. The smallest absolute Gasteiger partial charge is 0.410 e. The molecule has 1 N–H and O–H groups in total. The Bertz CT molecular complexity index is 819. The van der Waals surface area contributed by atoms with Crippen molar-refractivity contribution in [3.8, 4) is 0 Å². The van der Waals surface area contributed by atoms with Crippen LogP contribution in [-0.2, 0) is 4.74 Å². The van der Waals surface area contributed by atoms with Crippen LogP contribution >= 0.6 is 0 Å². The van der Waals surface area contributed by atoms with Crippen LogP contribution in [0.15, 0.2) is 22.6 Å². The molecule has 0 aliphatic carbocycles. The van der Waals surface area contributed by atoms with Crippen LogP contribution in [0.25, 0.3) is 11.1 Å². The molecule has 0 spiro atoms. The number of carbonyl (C=O) groups excluding carboxylic acids is 1. The SMILES string of the molecule is CC(C)OC(=O)N1C[C@H](C)N(c2nc3c(C(=O)O)cccc3o2)[C@@H](C)C1. The lowest BCUT2D eigenvalue weighted by Crippen LogP contribution is -2.58. The Balaban J connectivity index is 1.86. The van der Waals surface area contributed by atoms with Gasteiger partial charge in [0.1, 0.15) is 5.52 Å². The molecule has 0 radical (unpaired) electrons. The van der Waals surface area contributed by atoms with Gasteiger partial charge in [-0.2, -0.15) is 4.98 Å². The highest BCUT2D eigenvalue weighted by Crippen LogP contribution is 2.29. The first-order valence-electron chi connectivity index (χ1n) is 8.64. The van der Waals surface area contributed by atoms with E-state index in [4.69, 9.17) is 9.15 Å². The average molecular weight is 361 g/mol. The Hall–Kier alpha value is -2.77. The van der Waals surface area contributed by atoms with Crippen LogP contribution in [0.1, 0.15) is 38.1 Å². The van der Waals surface area contributed by atoms with Crippen molar-refractivity contribution in [3.63, 3.8) is 0 Å². The fourth-order valence-electron chi connectivity index (χ4n) is 3.34. The second kappa shape index (κ2) is 6.86. The number of nitrogens with zero attached hydrogens (tertiary/aromatic N) is 3. The van der Waals surface area contributed by atoms with E-state index in [-0.39, 0.29) is 29.8 Å². The molecule has 3 rings (SSSR count). The monoisotopic (exact) mass is 361 g/mol. The standard InChI is InChI=1S/C18H23N3O5/c1-10(2)25-18(24)20-8-11(3)21(12(4)9-20)17-19-15-13(16(22)23)6-5-7-14(15)26-17/h5-7,10-12H,8-9H2,1-4H3,(H,22,23)/t11-,12-/m0/s1. The van der Waals surface area contributed by atoms with Gasteiger partial charge in [0.05, 0.1) is 11.7 Å². The molecule has 8 nitrogen and oxygen atoms in total. The Morgan fingerprint density at radius 1 is 1.27 bits per heavy atom. The maximum atomic E-state index is 12.2. The van der Waals surface area contributed by atoms with Gasteiger partial charge in [0.25, 0.3) is 6.01 Å². The van der Waals surface area contributed by atoms with Crippen molar-refractivity contribution in [1.29, 1.82) is 0 Å². The summed E-state index contributed by atoms with van der Waals surface area (Å²) in [5.41, 5.74) is 0.869. The van der Waals surface area contributed by atoms with E-state index >= 15 is 0 Å². The van der Waals surface area contributed by atoms with Gasteiger partial charge in [0.2, 0.25) is 0 Å². The van der Waals surface area contributed by atoms with Crippen molar-refractivity contribution in [2.24, 2.45) is 0 Å². The highest BCUT2D eigenvalue weighted by Gasteiger charge is 2.35. The number of ether oxygens (including phenoxy) is 1. The molecule has 1 amide bonds. The summed E-state index contributed by atoms with van der Waals surface area (Å²) in [6, 6.07) is 5.09. The Kier molecular flexibility index (Phi) is 4.76. The number of piperazine rings is 1. The highest BCUT2D eigenvalue weighted by atomic mass is 16.6. The van der Waals surface area contributed by atoms with E-state index in [2.05, 4.69) is 4.98 Å². The van der Waals surface area contributed by atoms with Crippen LogP contribution in [0.5, 0.6) is 0 Å². The lowest BCUT2D eigenvalue weighted by Gasteiger charge is -2.43. The van der Waals surface area contributed by atoms with E-state index in [1.54, 1.807) is 17.0 Å². The number of aromatic nitrogens is 1. The van der Waals surface area contributed by atoms with Gasteiger partial charge in [0.15, 0.2) is 5.58 Å². The second-order valence-electron chi connectivity index (χ2n) is 6.90. The predicted octanol–water partition coefficient (Wildman–Crippen LogP) is 2.97. The number of hydrogen-bond acceptors (Lipinski definition) is 6. The quantitative estimate of drug-likeness (QED) is 0.898. The van der Waals surface area contributed by atoms with E-state index < -0.39 is 5.97 Å². The minimum Gasteiger partial charge on any atom is -0.478 e. The van der Waals surface area contributed by atoms with Crippen molar-refractivity contribution in [2.45, 2.75) is 45.9 Å². The predicted molar refractivity (Wildman–Crippen MR) is 95.6 cm³/mol. The van der Waals surface area contributed by atoms with Gasteiger partial charge in [-0.05, 0) is 39.8 Å². The number of oxazole rings is 1. The summed E-state index contributed by atoms with van der Waals surface area (Å²) in [6.45, 7) is 8.52. The maximum absolute atomic E-state index is 12.2. The summed E-state index contributed by atoms with van der Waals surface area (Å²) in [4.78, 5) is 31.6. The van der Waals surface area contributed by atoms with Gasteiger partial charge >= 0.3 is 12.1 Å². The van der Waals surface area contributed by atoms with Crippen LogP contribution in [0.3, 0.4) is 0 Å². The average Bonchev–Trinajstić information content (AvgIpc) is 2.96. The molecule has 1 fully saturated rings. The molecule has 0 saturated carbocycles. The summed E-state index contributed by atoms with van der Waals surface area (Å²) < 4.78 is 11.1. The number of rotatable bonds is 3. The van der Waals surface area contributed by atoms with E-state index in [9.17, 15) is 14.7 Å². The molecule has 2 atom stereocenters. The van der Waals surface area contributed by atoms with Gasteiger partial charge in [-0.3, -0.25) is 0 Å². The summed E-state index contributed by atoms with van der Waals surface area (Å²) in [6.07, 6.45) is -0.498. The van der Waals surface area contributed by atoms with Gasteiger partial charge < -0.3 is 24.1 Å². The van der Waals surface area contributed by atoms with Crippen LogP contribution in [0.4, 0.5) is 10.8 Å². The third-order valence-electron chi connectivity index (χ3n) is 4.37. The van der Waals surface area contributed by atoms with Crippen LogP contribution in [0, 0.1) is 0 Å². The molecular weight excluding hydrogens is 338 g/mol. The number of fused-ring (bicyclic) bond motifs is 1. The van der Waals surface area contributed by atoms with Crippen LogP contribution < -0.4 is 4.90 Å². The molecule has 1 saturated heterocycles. The molecule has 1 aliphatic rings. The first-order chi connectivity index (χ1) is 12.3. The third-order valence-corrected chi connectivity index (χ3v) is 4.37. The number of anilines is 1. The molecule has 1 aromatic carbocycles. The van der Waals surface area contributed by atoms with Crippen molar-refractivity contribution < 1.29 is 23.8 Å². The van der Waals surface area contributed by atoms with Gasteiger partial charge in [-0.15, -0.1) is 0 Å². The first kappa shape index (κ1) is 18.0. The minimum atomic E-state index is -1.04. The van der Waals surface area contributed by atoms with E-state index in [1.807, 2.05) is 32.6 Å². The Morgan fingerprint density at radius 2 is 1.92 bits per heavy atom. The van der Waals surface area contributed by atoms with E-state index in [0.717, 1.165) is 0 Å². The summed E-state index contributed by atoms with van der Waals surface area (Å²) in [7, 11) is 0. The molecular formula is C18H23N3O5.